The second-order valence-electron chi connectivity index (χ2n) is 5.09. The molecule has 0 aliphatic carbocycles. The Morgan fingerprint density at radius 2 is 1.77 bits per heavy atom. The van der Waals surface area contributed by atoms with E-state index in [1.165, 1.54) is 13.0 Å². The summed E-state index contributed by atoms with van der Waals surface area (Å²) in [6.07, 6.45) is -4.18. The Balaban J connectivity index is 2.26. The van der Waals surface area contributed by atoms with E-state index in [4.69, 9.17) is 0 Å². The maximum atomic E-state index is 12.8. The zero-order valence-electron chi connectivity index (χ0n) is 12.0. The Morgan fingerprint density at radius 1 is 1.09 bits per heavy atom. The number of rotatable bonds is 5. The lowest BCUT2D eigenvalue weighted by Gasteiger charge is -2.20. The van der Waals surface area contributed by atoms with Crippen LogP contribution in [0.25, 0.3) is 0 Å². The first-order valence-electron chi connectivity index (χ1n) is 6.84. The minimum absolute atomic E-state index is 0.0340. The molecule has 0 aliphatic heterocycles. The first-order valence-corrected chi connectivity index (χ1v) is 6.84. The predicted molar refractivity (Wildman–Crippen MR) is 79.5 cm³/mol. The van der Waals surface area contributed by atoms with Crippen LogP contribution < -0.4 is 5.32 Å². The van der Waals surface area contributed by atoms with Crippen LogP contribution in [0.3, 0.4) is 0 Å². The van der Waals surface area contributed by atoms with E-state index in [-0.39, 0.29) is 18.2 Å². The molecule has 22 heavy (non-hydrogen) atoms. The molecule has 1 unspecified atom stereocenters. The van der Waals surface area contributed by atoms with Gasteiger partial charge in [-0.1, -0.05) is 36.4 Å². The van der Waals surface area contributed by atoms with Crippen molar-refractivity contribution in [3.8, 4) is 0 Å². The molecule has 0 spiro atoms. The number of carbonyl (C=O) groups excluding carboxylic acids is 1. The number of hydrogen-bond donors (Lipinski definition) is 1. The van der Waals surface area contributed by atoms with Crippen molar-refractivity contribution < 1.29 is 18.0 Å². The largest absolute Gasteiger partial charge is 0.416 e. The molecular weight excluding hydrogens is 291 g/mol. The van der Waals surface area contributed by atoms with E-state index in [9.17, 15) is 18.0 Å². The van der Waals surface area contributed by atoms with Gasteiger partial charge < -0.3 is 5.32 Å². The van der Waals surface area contributed by atoms with Crippen molar-refractivity contribution >= 4 is 11.5 Å². The summed E-state index contributed by atoms with van der Waals surface area (Å²) in [5.41, 5.74) is 0.479. The Kier molecular flexibility index (Phi) is 4.85. The maximum absolute atomic E-state index is 12.8. The van der Waals surface area contributed by atoms with E-state index in [1.54, 1.807) is 6.07 Å². The number of halogens is 3. The van der Waals surface area contributed by atoms with Gasteiger partial charge in [-0.25, -0.2) is 0 Å². The molecule has 0 saturated heterocycles. The van der Waals surface area contributed by atoms with Gasteiger partial charge in [0.05, 0.1) is 11.6 Å². The Labute approximate surface area is 127 Å². The van der Waals surface area contributed by atoms with Crippen molar-refractivity contribution in [3.63, 3.8) is 0 Å². The molecule has 0 aliphatic rings. The minimum Gasteiger partial charge on any atom is -0.378 e. The van der Waals surface area contributed by atoms with Crippen LogP contribution >= 0.6 is 0 Å². The highest BCUT2D eigenvalue weighted by atomic mass is 19.4. The Bertz CT molecular complexity index is 638. The van der Waals surface area contributed by atoms with Gasteiger partial charge in [-0.05, 0) is 30.7 Å². The van der Waals surface area contributed by atoms with Crippen molar-refractivity contribution in [1.29, 1.82) is 0 Å². The van der Waals surface area contributed by atoms with Gasteiger partial charge in [0, 0.05) is 12.1 Å². The maximum Gasteiger partial charge on any atom is 0.416 e. The van der Waals surface area contributed by atoms with E-state index in [2.05, 4.69) is 5.32 Å². The Hall–Kier alpha value is -2.30. The summed E-state index contributed by atoms with van der Waals surface area (Å²) in [5, 5.41) is 3.02. The van der Waals surface area contributed by atoms with Gasteiger partial charge in [-0.2, -0.15) is 13.2 Å². The molecule has 5 heteroatoms. The van der Waals surface area contributed by atoms with Crippen LogP contribution in [0, 0.1) is 0 Å². The normalized spacial score (nSPS) is 12.7. The average Bonchev–Trinajstić information content (AvgIpc) is 2.46. The highest BCUT2D eigenvalue weighted by Crippen LogP contribution is 2.32. The number of benzene rings is 2. The smallest absolute Gasteiger partial charge is 0.378 e. The first kappa shape index (κ1) is 16.1. The SMILES string of the molecule is CC(=O)CC(Nc1cccc(C(F)(F)F)c1)c1ccccc1. The van der Waals surface area contributed by atoms with Gasteiger partial charge in [0.15, 0.2) is 0 Å². The lowest BCUT2D eigenvalue weighted by atomic mass is 10.0. The fraction of sp³-hybridized carbons (Fsp3) is 0.235. The van der Waals surface area contributed by atoms with Gasteiger partial charge in [-0.3, -0.25) is 4.79 Å². The number of ketones is 1. The van der Waals surface area contributed by atoms with Crippen molar-refractivity contribution in [1.82, 2.24) is 0 Å². The summed E-state index contributed by atoms with van der Waals surface area (Å²) in [7, 11) is 0. The highest BCUT2D eigenvalue weighted by Gasteiger charge is 2.30. The fourth-order valence-corrected chi connectivity index (χ4v) is 2.21. The van der Waals surface area contributed by atoms with Crippen molar-refractivity contribution in [2.45, 2.75) is 25.6 Å². The molecule has 2 nitrogen and oxygen atoms in total. The summed E-state index contributed by atoms with van der Waals surface area (Å²) in [5.74, 6) is -0.0340. The van der Waals surface area contributed by atoms with Crippen LogP contribution in [0.15, 0.2) is 54.6 Å². The molecule has 0 saturated carbocycles. The number of anilines is 1. The van der Waals surface area contributed by atoms with E-state index in [1.807, 2.05) is 30.3 Å². The zero-order chi connectivity index (χ0) is 16.2. The van der Waals surface area contributed by atoms with Crippen LogP contribution in [0.2, 0.25) is 0 Å². The summed E-state index contributed by atoms with van der Waals surface area (Å²) in [4.78, 5) is 11.4. The molecule has 0 aromatic heterocycles. The molecule has 2 aromatic rings. The van der Waals surface area contributed by atoms with Gasteiger partial charge >= 0.3 is 6.18 Å². The number of alkyl halides is 3. The number of carbonyl (C=O) groups is 1. The van der Waals surface area contributed by atoms with Gasteiger partial charge in [0.1, 0.15) is 5.78 Å². The van der Waals surface area contributed by atoms with Crippen LogP contribution in [-0.4, -0.2) is 5.78 Å². The molecule has 0 amide bonds. The van der Waals surface area contributed by atoms with Crippen LogP contribution in [0.1, 0.15) is 30.5 Å². The lowest BCUT2D eigenvalue weighted by Crippen LogP contribution is -2.15. The van der Waals surface area contributed by atoms with Crippen molar-refractivity contribution in [2.24, 2.45) is 0 Å². The molecule has 0 heterocycles. The van der Waals surface area contributed by atoms with E-state index >= 15 is 0 Å². The number of nitrogens with one attached hydrogen (secondary N) is 1. The summed E-state index contributed by atoms with van der Waals surface area (Å²) in [6.45, 7) is 1.46. The molecule has 2 rings (SSSR count). The second kappa shape index (κ2) is 6.64. The third kappa shape index (κ3) is 4.35. The first-order chi connectivity index (χ1) is 10.4. The third-order valence-electron chi connectivity index (χ3n) is 3.22. The van der Waals surface area contributed by atoms with Gasteiger partial charge in [0.25, 0.3) is 0 Å². The topological polar surface area (TPSA) is 29.1 Å². The fourth-order valence-electron chi connectivity index (χ4n) is 2.21. The van der Waals surface area contributed by atoms with Gasteiger partial charge in [-0.15, -0.1) is 0 Å². The molecule has 1 atom stereocenters. The summed E-state index contributed by atoms with van der Waals surface area (Å²) >= 11 is 0. The monoisotopic (exact) mass is 307 g/mol. The Morgan fingerprint density at radius 3 is 2.36 bits per heavy atom. The van der Waals surface area contributed by atoms with Gasteiger partial charge in [0.2, 0.25) is 0 Å². The van der Waals surface area contributed by atoms with Crippen LogP contribution in [0.5, 0.6) is 0 Å². The second-order valence-corrected chi connectivity index (χ2v) is 5.09. The van der Waals surface area contributed by atoms with E-state index in [0.717, 1.165) is 17.7 Å². The third-order valence-corrected chi connectivity index (χ3v) is 3.22. The molecule has 1 N–H and O–H groups in total. The molecule has 2 aromatic carbocycles. The number of hydrogen-bond acceptors (Lipinski definition) is 2. The summed E-state index contributed by atoms with van der Waals surface area (Å²) < 4.78 is 38.3. The van der Waals surface area contributed by atoms with Crippen molar-refractivity contribution in [2.75, 3.05) is 5.32 Å². The molecular formula is C17H16F3NO. The average molecular weight is 307 g/mol. The highest BCUT2D eigenvalue weighted by molar-refractivity contribution is 5.77. The zero-order valence-corrected chi connectivity index (χ0v) is 12.0. The molecule has 0 bridgehead atoms. The lowest BCUT2D eigenvalue weighted by molar-refractivity contribution is -0.137. The molecule has 0 fully saturated rings. The molecule has 116 valence electrons. The summed E-state index contributed by atoms with van der Waals surface area (Å²) in [6, 6.07) is 13.8. The van der Waals surface area contributed by atoms with Crippen molar-refractivity contribution in [3.05, 3.63) is 65.7 Å². The minimum atomic E-state index is -4.39. The predicted octanol–water partition coefficient (Wildman–Crippen LogP) is 4.84. The van der Waals surface area contributed by atoms with E-state index in [0.29, 0.717) is 5.69 Å². The quantitative estimate of drug-likeness (QED) is 0.856. The molecule has 0 radical (unpaired) electrons. The van der Waals surface area contributed by atoms with E-state index < -0.39 is 11.7 Å². The van der Waals surface area contributed by atoms with Crippen LogP contribution in [0.4, 0.5) is 18.9 Å². The number of Topliss-reactive ketones (excluding diaryl/α,β-unsaturated/α-hetero) is 1. The standard InChI is InChI=1S/C17H16F3NO/c1-12(22)10-16(13-6-3-2-4-7-13)21-15-9-5-8-14(11-15)17(18,19)20/h2-9,11,16,21H,10H2,1H3. The van der Waals surface area contributed by atoms with Crippen LogP contribution in [-0.2, 0) is 11.0 Å².